The Morgan fingerprint density at radius 2 is 0.897 bits per heavy atom. The third-order valence-electron chi connectivity index (χ3n) is 22.7. The maximum absolute atomic E-state index is 14.5. The average Bonchev–Trinajstić information content (AvgIpc) is 0.744. The van der Waals surface area contributed by atoms with Gasteiger partial charge in [-0.05, 0) is 309 Å². The molecule has 0 spiro atoms. The lowest BCUT2D eigenvalue weighted by molar-refractivity contribution is -0.138. The monoisotopic (exact) mass is 2230 g/mol. The number of amides is 4. The first-order valence-corrected chi connectivity index (χ1v) is 72.9. The minimum atomic E-state index is -4.11. The Kier molecular flexibility index (Phi) is 81.2. The summed E-state index contributed by atoms with van der Waals surface area (Å²) in [6, 6.07) is 38.3. The third-order valence-corrected chi connectivity index (χ3v) is 52.1. The first-order valence-electron chi connectivity index (χ1n) is 49.5. The Labute approximate surface area is 913 Å². The van der Waals surface area contributed by atoms with Crippen molar-refractivity contribution in [3.63, 3.8) is 0 Å². The average molecular weight is 2240 g/mol. The van der Waals surface area contributed by atoms with Crippen LogP contribution in [0.4, 0.5) is 0 Å². The first kappa shape index (κ1) is 152. The number of hydrogen-bond donors (Lipinski definition) is 5. The van der Waals surface area contributed by atoms with Crippen molar-refractivity contribution in [3.8, 4) is 0 Å². The molecule has 0 heterocycles. The molecule has 0 saturated heterocycles. The van der Waals surface area contributed by atoms with Crippen LogP contribution >= 0.6 is 66.9 Å². The summed E-state index contributed by atoms with van der Waals surface area (Å²) in [5.41, 5.74) is 9.30. The normalized spacial score (nSPS) is 12.0. The van der Waals surface area contributed by atoms with Gasteiger partial charge in [0.25, 0.3) is 0 Å². The van der Waals surface area contributed by atoms with Crippen molar-refractivity contribution in [2.45, 2.75) is 383 Å². The number of aryl methyl sites for hydroxylation is 9. The highest BCUT2D eigenvalue weighted by atomic mass is 32.2. The fraction of sp³-hybridized carbons (Fsp3) is 0.607. The summed E-state index contributed by atoms with van der Waals surface area (Å²) in [7, 11) is -8.66. The lowest BCUT2D eigenvalue weighted by Crippen LogP contribution is -2.52. The summed E-state index contributed by atoms with van der Waals surface area (Å²) >= 11 is 15.4. The number of aliphatic hydroxyl groups is 1. The van der Waals surface area contributed by atoms with Crippen molar-refractivity contribution in [1.82, 2.24) is 20.4 Å². The van der Waals surface area contributed by atoms with E-state index < -0.39 is 91.4 Å². The number of nitrogens with one attached hydrogen (secondary N) is 2. The van der Waals surface area contributed by atoms with Crippen LogP contribution in [0, 0.1) is 53.4 Å². The zero-order valence-electron chi connectivity index (χ0n) is 90.4. The summed E-state index contributed by atoms with van der Waals surface area (Å²) < 4.78 is 48.2. The van der Waals surface area contributed by atoms with Crippen molar-refractivity contribution < 1.29 is 79.4 Å². The van der Waals surface area contributed by atoms with Crippen LogP contribution in [0.2, 0.25) is 103 Å². The van der Waals surface area contributed by atoms with Gasteiger partial charge in [-0.3, -0.25) is 38.4 Å². The van der Waals surface area contributed by atoms with E-state index in [1.165, 1.54) is 89.7 Å². The van der Waals surface area contributed by atoms with Crippen LogP contribution < -0.4 is 15.9 Å². The number of ether oxygens (including phenoxy) is 1. The Bertz CT molecular complexity index is 4560. The van der Waals surface area contributed by atoms with E-state index in [0.29, 0.717) is 75.8 Å². The predicted molar refractivity (Wildman–Crippen MR) is 653 cm³/mol. The smallest absolute Gasteiger partial charge is 0.311 e. The van der Waals surface area contributed by atoms with Crippen LogP contribution in [0.5, 0.6) is 0 Å². The van der Waals surface area contributed by atoms with E-state index in [2.05, 4.69) is 186 Å². The fourth-order valence-corrected chi connectivity index (χ4v) is 50.0. The number of aliphatic carboxylic acids is 2. The minimum absolute atomic E-state index is 0. The van der Waals surface area contributed by atoms with Crippen molar-refractivity contribution in [1.29, 1.82) is 0 Å². The second-order valence-corrected chi connectivity index (χ2v) is 73.0. The lowest BCUT2D eigenvalue weighted by Gasteiger charge is -2.39. The van der Waals surface area contributed by atoms with Crippen LogP contribution in [-0.2, 0) is 79.5 Å². The number of likely N-dealkylation sites (N-methyl/N-ethyl adjacent to an activating group) is 1. The lowest BCUT2D eigenvalue weighted by atomic mass is 9.93. The SMILES string of the molecule is C.C.C.C.C.C.C=CC(=O)N(C)C.C=CC(=O)NCCCCC(=O)O.CCC(C)(O)CCCC(C)C.CCCC[Si](C)(C)O[Si](C)(C)O[Si](C)(C)CCc1ccc(CCC(CC(SC(=S)OCC)C(=O)NCCCCC(=O)O)C(=O)N(C)C)cc1.CCCC[Si](C)(C)O[Si](C)(C)O[Si](C)(C)CCc1ccc(CSC(=S)SCC)cc1.Cc1cc(C)c(C(=O)P(=O)(C(=O)c2c(C)cc(C)cc2C)c2ccccc2)c(C)c1. The number of carboxylic acids is 2. The van der Waals surface area contributed by atoms with Gasteiger partial charge in [0.05, 0.1) is 17.5 Å². The van der Waals surface area contributed by atoms with Crippen LogP contribution in [0.3, 0.4) is 0 Å². The summed E-state index contributed by atoms with van der Waals surface area (Å²) in [5, 5.41) is 31.9. The van der Waals surface area contributed by atoms with Gasteiger partial charge in [-0.15, -0.1) is 23.5 Å². The van der Waals surface area contributed by atoms with E-state index in [1.807, 2.05) is 86.6 Å². The maximum Gasteiger partial charge on any atom is 0.311 e. The van der Waals surface area contributed by atoms with Crippen molar-refractivity contribution in [2.75, 3.05) is 53.6 Å². The van der Waals surface area contributed by atoms with Gasteiger partial charge < -0.3 is 61.5 Å². The summed E-state index contributed by atoms with van der Waals surface area (Å²) in [4.78, 5) is 99.0. The van der Waals surface area contributed by atoms with Gasteiger partial charge in [-0.1, -0.05) is 276 Å². The Hall–Kier alpha value is -5.90. The summed E-state index contributed by atoms with van der Waals surface area (Å²) in [6.07, 6.45) is 17.7. The second-order valence-electron chi connectivity index (χ2n) is 40.2. The number of carboxylic acid groups (broad SMARTS) is 2. The fourth-order valence-electron chi connectivity index (χ4n) is 15.7. The molecule has 3 atom stereocenters. The number of unbranched alkanes of at least 4 members (excludes halogenated alkanes) is 4. The molecule has 4 amide bonds. The number of thiocarbonyl (C=S) groups is 2. The zero-order valence-corrected chi connectivity index (χ0v) is 101. The van der Waals surface area contributed by atoms with E-state index in [9.17, 15) is 48.0 Å². The Balaban J connectivity index is -0.000000345. The molecule has 5 aromatic carbocycles. The number of rotatable bonds is 54. The predicted octanol–water partition coefficient (Wildman–Crippen LogP) is 30.2. The molecule has 0 aromatic heterocycles. The molecule has 0 aliphatic rings. The van der Waals surface area contributed by atoms with Gasteiger partial charge in [0.1, 0.15) is 3.53 Å². The first-order chi connectivity index (χ1) is 64.6. The third kappa shape index (κ3) is 66.5. The molecule has 0 radical (unpaired) electrons. The molecule has 5 N–H and O–H groups in total. The number of hydrogen-bond acceptors (Lipinski definition) is 20. The van der Waals surface area contributed by atoms with E-state index >= 15 is 0 Å². The van der Waals surface area contributed by atoms with Gasteiger partial charge >= 0.3 is 29.1 Å². The quantitative estimate of drug-likeness (QED) is 0.00794. The zero-order chi connectivity index (χ0) is 106. The minimum Gasteiger partial charge on any atom is -0.481 e. The number of carbonyl (C=O) groups is 8. The van der Waals surface area contributed by atoms with Crippen LogP contribution in [-0.4, -0.2) is 195 Å². The van der Waals surface area contributed by atoms with E-state index in [1.54, 1.807) is 86.9 Å². The van der Waals surface area contributed by atoms with Gasteiger partial charge in [0, 0.05) is 82.2 Å². The largest absolute Gasteiger partial charge is 0.481 e. The molecular formula is C112H201N4O17PS5Si6. The van der Waals surface area contributed by atoms with E-state index in [0.717, 1.165) is 104 Å². The van der Waals surface area contributed by atoms with Crippen molar-refractivity contribution in [3.05, 3.63) is 195 Å². The molecule has 33 heteroatoms. The topological polar surface area (TPSA) is 291 Å². The molecule has 0 fully saturated rings. The highest BCUT2D eigenvalue weighted by Gasteiger charge is 2.46. The van der Waals surface area contributed by atoms with Crippen molar-refractivity contribution in [2.24, 2.45) is 11.8 Å². The number of thioether (sulfide) groups is 3. The molecule has 0 aliphatic heterocycles. The van der Waals surface area contributed by atoms with Crippen LogP contribution in [0.25, 0.3) is 0 Å². The highest BCUT2D eigenvalue weighted by molar-refractivity contribution is 8.46. The molecule has 0 aliphatic carbocycles. The molecule has 0 bridgehead atoms. The van der Waals surface area contributed by atoms with Crippen LogP contribution in [0.1, 0.15) is 279 Å². The summed E-state index contributed by atoms with van der Waals surface area (Å²) in [6.45, 7) is 63.5. The Morgan fingerprint density at radius 3 is 1.23 bits per heavy atom. The van der Waals surface area contributed by atoms with Crippen LogP contribution in [0.15, 0.2) is 128 Å². The molecule has 3 unspecified atom stereocenters. The number of benzene rings is 5. The molecule has 5 aromatic rings. The van der Waals surface area contributed by atoms with Crippen molar-refractivity contribution >= 4 is 177 Å². The van der Waals surface area contributed by atoms with Gasteiger partial charge in [-0.2, -0.15) is 0 Å². The number of nitrogens with zero attached hydrogens (tertiary/aromatic N) is 2. The molecule has 21 nitrogen and oxygen atoms in total. The molecule has 830 valence electrons. The molecule has 0 saturated carbocycles. The van der Waals surface area contributed by atoms with E-state index in [4.69, 9.17) is 55.8 Å². The number of carbonyl (C=O) groups excluding carboxylic acids is 6. The van der Waals surface area contributed by atoms with Gasteiger partial charge in [-0.25, -0.2) is 0 Å². The standard InChI is InChI=1S/C35H64N2O7S2Si3.C26H27O3P.C22H42O2S3Si3.C10H22O.C8H13NO3.C5H9NO.6CH4/c1-11-13-25-47(5,6)43-49(9,10)44-48(7,8)26-23-29-19-17-28(18-20-29)21-22-30(34(41)37(3)4)27-31(46-35(45)42-12-2)33(40)36-24-15-14-16-32(38)39;1-16-12-18(3)23(19(4)13-16)25(27)30(29,22-10-8-7-9-11-22)26(28)24-20(5)14-17(2)15-21(24)6;1-9-11-17-28(3,4)23-30(7,8)24-29(5,6)18-16-20-12-14-21(15-13-20)19-27-22(25)26-10-2;1-5-10(4,11)8-6-7-9(2)3;1-2-7(10)9-6-4-3-5-8(11)12;1-4-5(7)6(2)3;;;;;;/h17-20,30-31H,11-16,21-27H2,1-10H3,(H,36,40)(H,38,39);7-15H,1-6H3;12-15H,9-11,16-19H2,1-8H3;9,11H,5-8H2,1-4H3;2H,1,3-6H2,(H,9,10)(H,11,12);4H,1H2,2-3H3;6*1H4. The maximum atomic E-state index is 14.5. The second kappa shape index (κ2) is 77.4. The molecule has 5 rings (SSSR count). The Morgan fingerprint density at radius 1 is 0.510 bits per heavy atom. The summed E-state index contributed by atoms with van der Waals surface area (Å²) in [5.74, 6) is 0.212. The van der Waals surface area contributed by atoms with Gasteiger partial charge in [0.15, 0.2) is 33.3 Å². The highest BCUT2D eigenvalue weighted by Crippen LogP contribution is 2.53. The molecular weight excluding hydrogens is 2030 g/mol. The molecule has 145 heavy (non-hydrogen) atoms. The van der Waals surface area contributed by atoms with Gasteiger partial charge in [0.2, 0.25) is 46.2 Å². The van der Waals surface area contributed by atoms with E-state index in [-0.39, 0.29) is 96.6 Å².